The van der Waals surface area contributed by atoms with Gasteiger partial charge in [-0.05, 0) is 42.3 Å². The predicted molar refractivity (Wildman–Crippen MR) is 95.2 cm³/mol. The first-order valence-corrected chi connectivity index (χ1v) is 8.46. The molecule has 0 aromatic heterocycles. The van der Waals surface area contributed by atoms with E-state index >= 15 is 0 Å². The minimum Gasteiger partial charge on any atom is -0.364 e. The smallest absolute Gasteiger partial charge is 0.251 e. The molecule has 25 heavy (non-hydrogen) atoms. The second kappa shape index (κ2) is 6.69. The Hall–Kier alpha value is -2.66. The number of hydrogen-bond acceptors (Lipinski definition) is 4. The molecule has 1 saturated carbocycles. The van der Waals surface area contributed by atoms with Crippen LogP contribution in [0.25, 0.3) is 0 Å². The lowest BCUT2D eigenvalue weighted by Gasteiger charge is -2.45. The Morgan fingerprint density at radius 3 is 2.88 bits per heavy atom. The number of hydrogen-bond donors (Lipinski definition) is 4. The average Bonchev–Trinajstić information content (AvgIpc) is 2.96. The lowest BCUT2D eigenvalue weighted by atomic mass is 9.57. The number of nitrogens with one attached hydrogen (secondary N) is 4. The molecule has 7 nitrogen and oxygen atoms in total. The van der Waals surface area contributed by atoms with Crippen molar-refractivity contribution >= 4 is 29.1 Å². The summed E-state index contributed by atoms with van der Waals surface area (Å²) < 4.78 is 0. The molecule has 2 amide bonds. The van der Waals surface area contributed by atoms with Crippen molar-refractivity contribution in [1.82, 2.24) is 21.5 Å². The van der Waals surface area contributed by atoms with Gasteiger partial charge in [-0.2, -0.15) is 5.26 Å². The maximum Gasteiger partial charge on any atom is 0.251 e. The average molecular weight is 357 g/mol. The molecule has 8 heteroatoms. The lowest BCUT2D eigenvalue weighted by Crippen LogP contribution is -2.50. The van der Waals surface area contributed by atoms with Crippen molar-refractivity contribution in [2.45, 2.75) is 31.2 Å². The maximum absolute atomic E-state index is 12.3. The third-order valence-electron chi connectivity index (χ3n) is 4.90. The summed E-state index contributed by atoms with van der Waals surface area (Å²) in [5.74, 6) is -0.367. The van der Waals surface area contributed by atoms with E-state index in [1.165, 1.54) is 0 Å². The maximum atomic E-state index is 12.3. The van der Waals surface area contributed by atoms with Crippen LogP contribution in [-0.2, 0) is 16.8 Å². The van der Waals surface area contributed by atoms with Crippen LogP contribution in [0.1, 0.15) is 40.7 Å². The molecule has 0 radical (unpaired) electrons. The number of hydrazine groups is 1. The van der Waals surface area contributed by atoms with Crippen molar-refractivity contribution in [3.63, 3.8) is 0 Å². The fourth-order valence-corrected chi connectivity index (χ4v) is 3.59. The van der Waals surface area contributed by atoms with Crippen molar-refractivity contribution in [2.75, 3.05) is 7.05 Å². The van der Waals surface area contributed by atoms with E-state index < -0.39 is 5.41 Å². The highest BCUT2D eigenvalue weighted by Gasteiger charge is 2.47. The number of carbonyl (C=O) groups excluding carboxylic acids is 2. The topological polar surface area (TPSA) is 106 Å². The Morgan fingerprint density at radius 2 is 2.20 bits per heavy atom. The monoisotopic (exact) mass is 357 g/mol. The van der Waals surface area contributed by atoms with Gasteiger partial charge in [0.1, 0.15) is 0 Å². The third kappa shape index (κ3) is 3.28. The molecule has 1 fully saturated rings. The molecule has 1 aliphatic heterocycles. The highest BCUT2D eigenvalue weighted by Crippen LogP contribution is 2.50. The van der Waals surface area contributed by atoms with Gasteiger partial charge in [0.2, 0.25) is 5.91 Å². The zero-order valence-electron chi connectivity index (χ0n) is 13.8. The van der Waals surface area contributed by atoms with Gasteiger partial charge in [-0.15, -0.1) is 0 Å². The van der Waals surface area contributed by atoms with Gasteiger partial charge in [0.05, 0.1) is 6.07 Å². The van der Waals surface area contributed by atoms with Crippen LogP contribution >= 0.6 is 12.2 Å². The molecule has 0 atom stereocenters. The van der Waals surface area contributed by atoms with Crippen LogP contribution in [0.5, 0.6) is 0 Å². The number of nitrogens with zero attached hydrogens (tertiary/aromatic N) is 1. The molecule has 1 heterocycles. The van der Waals surface area contributed by atoms with E-state index in [0.717, 1.165) is 11.1 Å². The molecule has 1 aromatic rings. The number of thiocarbonyl (C=S) groups is 1. The second-order valence-corrected chi connectivity index (χ2v) is 6.91. The van der Waals surface area contributed by atoms with Gasteiger partial charge in [-0.25, -0.2) is 0 Å². The van der Waals surface area contributed by atoms with Crippen LogP contribution in [0, 0.1) is 17.2 Å². The Morgan fingerprint density at radius 1 is 1.44 bits per heavy atom. The minimum atomic E-state index is -0.425. The highest BCUT2D eigenvalue weighted by molar-refractivity contribution is 7.80. The Kier molecular flexibility index (Phi) is 4.59. The number of benzene rings is 1. The summed E-state index contributed by atoms with van der Waals surface area (Å²) in [6, 6.07) is 8.02. The van der Waals surface area contributed by atoms with Crippen LogP contribution < -0.4 is 21.5 Å². The fourth-order valence-electron chi connectivity index (χ4n) is 3.54. The van der Waals surface area contributed by atoms with Gasteiger partial charge in [-0.3, -0.25) is 20.4 Å². The van der Waals surface area contributed by atoms with Crippen LogP contribution in [0.3, 0.4) is 0 Å². The molecule has 0 bridgehead atoms. The van der Waals surface area contributed by atoms with Crippen molar-refractivity contribution in [3.8, 4) is 6.07 Å². The number of rotatable bonds is 3. The van der Waals surface area contributed by atoms with Crippen LogP contribution in [-0.4, -0.2) is 24.0 Å². The van der Waals surface area contributed by atoms with E-state index in [-0.39, 0.29) is 24.2 Å². The van der Waals surface area contributed by atoms with Crippen LogP contribution in [0.15, 0.2) is 18.2 Å². The van der Waals surface area contributed by atoms with Gasteiger partial charge < -0.3 is 10.6 Å². The van der Waals surface area contributed by atoms with Gasteiger partial charge in [0.15, 0.2) is 5.11 Å². The molecule has 1 aliphatic carbocycles. The Labute approximate surface area is 151 Å². The van der Waals surface area contributed by atoms with Crippen LogP contribution in [0.4, 0.5) is 0 Å². The molecule has 3 rings (SSSR count). The zero-order valence-corrected chi connectivity index (χ0v) is 14.6. The molecule has 130 valence electrons. The number of nitriles is 1. The molecule has 4 N–H and O–H groups in total. The first kappa shape index (κ1) is 17.2. The van der Waals surface area contributed by atoms with E-state index in [1.807, 2.05) is 18.2 Å². The third-order valence-corrected chi connectivity index (χ3v) is 5.21. The van der Waals surface area contributed by atoms with E-state index in [2.05, 4.69) is 27.6 Å². The van der Waals surface area contributed by atoms with E-state index in [4.69, 9.17) is 17.5 Å². The number of fused-ring (bicyclic) bond motifs is 1. The van der Waals surface area contributed by atoms with Crippen LogP contribution in [0.2, 0.25) is 0 Å². The van der Waals surface area contributed by atoms with Gasteiger partial charge >= 0.3 is 0 Å². The molecule has 0 unspecified atom stereocenters. The number of amides is 2. The van der Waals surface area contributed by atoms with Crippen molar-refractivity contribution < 1.29 is 9.59 Å². The first-order chi connectivity index (χ1) is 12.0. The van der Waals surface area contributed by atoms with Crippen molar-refractivity contribution in [2.24, 2.45) is 5.92 Å². The normalized spacial score (nSPS) is 23.5. The van der Waals surface area contributed by atoms with E-state index in [0.29, 0.717) is 30.1 Å². The van der Waals surface area contributed by atoms with Gasteiger partial charge in [-0.1, -0.05) is 12.1 Å². The minimum absolute atomic E-state index is 0.0683. The largest absolute Gasteiger partial charge is 0.364 e. The zero-order chi connectivity index (χ0) is 18.0. The second-order valence-electron chi connectivity index (χ2n) is 6.50. The Bertz CT molecular complexity index is 780. The quantitative estimate of drug-likeness (QED) is 0.467. The predicted octanol–water partition coefficient (Wildman–Crippen LogP) is 0.617. The summed E-state index contributed by atoms with van der Waals surface area (Å²) >= 11 is 4.93. The van der Waals surface area contributed by atoms with Crippen molar-refractivity contribution in [3.05, 3.63) is 34.9 Å². The molecule has 0 saturated heterocycles. The summed E-state index contributed by atoms with van der Waals surface area (Å²) in [4.78, 5) is 24.2. The lowest BCUT2D eigenvalue weighted by molar-refractivity contribution is -0.124. The molecular weight excluding hydrogens is 338 g/mol. The highest BCUT2D eigenvalue weighted by atomic mass is 32.1. The molecule has 2 aliphatic rings. The van der Waals surface area contributed by atoms with Gasteiger partial charge in [0.25, 0.3) is 5.91 Å². The van der Waals surface area contributed by atoms with Crippen molar-refractivity contribution in [1.29, 1.82) is 5.26 Å². The SMILES string of the molecule is CNC(=S)NNC(=O)CC1(c2ccc3c(c2)C(=O)NC3)CC(C#N)C1. The summed E-state index contributed by atoms with van der Waals surface area (Å²) in [6.45, 7) is 0.536. The summed E-state index contributed by atoms with van der Waals surface area (Å²) in [7, 11) is 1.65. The number of carbonyl (C=O) groups is 2. The van der Waals surface area contributed by atoms with E-state index in [1.54, 1.807) is 7.05 Å². The fraction of sp³-hybridized carbons (Fsp3) is 0.412. The molecule has 0 spiro atoms. The molecular formula is C17H19N5O2S. The summed E-state index contributed by atoms with van der Waals surface area (Å²) in [5.41, 5.74) is 7.32. The summed E-state index contributed by atoms with van der Waals surface area (Å²) in [5, 5.41) is 15.0. The molecule has 1 aromatic carbocycles. The Balaban J connectivity index is 1.79. The standard InChI is InChI=1S/C17H19N5O2S/c1-19-16(25)22-21-14(23)7-17(5-10(6-17)8-18)12-3-2-11-9-20-15(24)13(11)4-12/h2-4,10H,5-7,9H2,1H3,(H,20,24)(H,21,23)(H2,19,22,25). The van der Waals surface area contributed by atoms with Gasteiger partial charge in [0, 0.05) is 36.9 Å². The van der Waals surface area contributed by atoms with E-state index in [9.17, 15) is 9.59 Å². The summed E-state index contributed by atoms with van der Waals surface area (Å²) in [6.07, 6.45) is 1.44. The first-order valence-electron chi connectivity index (χ1n) is 8.05.